The quantitative estimate of drug-likeness (QED) is 0.619. The van der Waals surface area contributed by atoms with Crippen LogP contribution in [0.15, 0.2) is 24.7 Å². The molecule has 0 aliphatic carbocycles. The lowest BCUT2D eigenvalue weighted by atomic mass is 10.2. The summed E-state index contributed by atoms with van der Waals surface area (Å²) in [7, 11) is 0. The maximum Gasteiger partial charge on any atom is 0.125 e. The van der Waals surface area contributed by atoms with Gasteiger partial charge in [-0.15, -0.1) is 0 Å². The fourth-order valence-corrected chi connectivity index (χ4v) is 0.760. The lowest BCUT2D eigenvalue weighted by Gasteiger charge is -2.17. The summed E-state index contributed by atoms with van der Waals surface area (Å²) in [5, 5.41) is 18.6. The van der Waals surface area contributed by atoms with Crippen molar-refractivity contribution >= 4 is 0 Å². The molecule has 0 aromatic heterocycles. The summed E-state index contributed by atoms with van der Waals surface area (Å²) >= 11 is 0. The molecular formula is C10H18O3. The highest BCUT2D eigenvalue weighted by Gasteiger charge is 2.13. The molecule has 3 nitrogen and oxygen atoms in total. The molecule has 2 atom stereocenters. The van der Waals surface area contributed by atoms with Crippen molar-refractivity contribution in [1.29, 1.82) is 0 Å². The first kappa shape index (κ1) is 12.2. The molecule has 0 amide bonds. The minimum atomic E-state index is -0.694. The molecule has 0 aliphatic heterocycles. The molecule has 0 aromatic carbocycles. The van der Waals surface area contributed by atoms with E-state index < -0.39 is 12.2 Å². The van der Waals surface area contributed by atoms with E-state index in [1.54, 1.807) is 0 Å². The topological polar surface area (TPSA) is 49.7 Å². The van der Waals surface area contributed by atoms with Gasteiger partial charge in [-0.1, -0.05) is 27.0 Å². The van der Waals surface area contributed by atoms with Crippen LogP contribution in [-0.4, -0.2) is 22.4 Å². The van der Waals surface area contributed by atoms with Crippen LogP contribution in [0.3, 0.4) is 0 Å². The Morgan fingerprint density at radius 1 is 1.08 bits per heavy atom. The molecule has 0 radical (unpaired) electrons. The van der Waals surface area contributed by atoms with E-state index in [4.69, 9.17) is 4.74 Å². The maximum atomic E-state index is 9.28. The molecule has 0 aliphatic rings. The van der Waals surface area contributed by atoms with E-state index in [-0.39, 0.29) is 11.5 Å². The zero-order valence-electron chi connectivity index (χ0n) is 8.29. The van der Waals surface area contributed by atoms with Crippen molar-refractivity contribution < 1.29 is 14.9 Å². The van der Waals surface area contributed by atoms with E-state index in [2.05, 4.69) is 13.2 Å². The highest BCUT2D eigenvalue weighted by molar-refractivity contribution is 5.01. The van der Waals surface area contributed by atoms with Crippen LogP contribution >= 0.6 is 0 Å². The highest BCUT2D eigenvalue weighted by atomic mass is 16.5. The van der Waals surface area contributed by atoms with E-state index in [9.17, 15) is 10.2 Å². The zero-order valence-corrected chi connectivity index (χ0v) is 8.29. The van der Waals surface area contributed by atoms with Crippen LogP contribution in [-0.2, 0) is 4.74 Å². The number of ether oxygens (including phenoxy) is 1. The lowest BCUT2D eigenvalue weighted by Crippen LogP contribution is -2.16. The average Bonchev–Trinajstić information content (AvgIpc) is 2.14. The largest absolute Gasteiger partial charge is 0.462 e. The lowest BCUT2D eigenvalue weighted by molar-refractivity contribution is 0.0885. The van der Waals surface area contributed by atoms with Gasteiger partial charge >= 0.3 is 0 Å². The molecule has 2 unspecified atom stereocenters. The van der Waals surface area contributed by atoms with Crippen molar-refractivity contribution in [3.63, 3.8) is 0 Å². The third-order valence-electron chi connectivity index (χ3n) is 1.78. The minimum absolute atomic E-state index is 0.236. The minimum Gasteiger partial charge on any atom is -0.462 e. The van der Waals surface area contributed by atoms with Gasteiger partial charge in [0.15, 0.2) is 0 Å². The second-order valence-corrected chi connectivity index (χ2v) is 2.88. The van der Waals surface area contributed by atoms with E-state index in [1.165, 1.54) is 0 Å². The Morgan fingerprint density at radius 2 is 1.38 bits per heavy atom. The SMILES string of the molecule is C=C(OC(=C)C(O)CC)C(O)CC. The van der Waals surface area contributed by atoms with Gasteiger partial charge in [-0.2, -0.15) is 0 Å². The number of aliphatic hydroxyl groups is 2. The summed E-state index contributed by atoms with van der Waals surface area (Å²) in [4.78, 5) is 0. The Balaban J connectivity index is 3.99. The van der Waals surface area contributed by atoms with Crippen LogP contribution in [0, 0.1) is 0 Å². The fraction of sp³-hybridized carbons (Fsp3) is 0.600. The van der Waals surface area contributed by atoms with Gasteiger partial charge in [-0.3, -0.25) is 0 Å². The maximum absolute atomic E-state index is 9.28. The Hall–Kier alpha value is -0.800. The number of hydrogen-bond donors (Lipinski definition) is 2. The Bertz CT molecular complexity index is 167. The van der Waals surface area contributed by atoms with Gasteiger partial charge in [-0.25, -0.2) is 0 Å². The molecule has 0 fully saturated rings. The predicted octanol–water partition coefficient (Wildman–Crippen LogP) is 1.57. The smallest absolute Gasteiger partial charge is 0.125 e. The molecule has 0 spiro atoms. The van der Waals surface area contributed by atoms with Gasteiger partial charge < -0.3 is 14.9 Å². The van der Waals surface area contributed by atoms with Gasteiger partial charge in [-0.05, 0) is 12.8 Å². The summed E-state index contributed by atoms with van der Waals surface area (Å²) in [6.45, 7) is 10.7. The molecule has 0 saturated heterocycles. The molecule has 0 bridgehead atoms. The van der Waals surface area contributed by atoms with Gasteiger partial charge in [0, 0.05) is 0 Å². The molecular weight excluding hydrogens is 168 g/mol. The third kappa shape index (κ3) is 4.10. The molecule has 0 saturated carbocycles. The fourth-order valence-electron chi connectivity index (χ4n) is 0.760. The Morgan fingerprint density at radius 3 is 1.62 bits per heavy atom. The predicted molar refractivity (Wildman–Crippen MR) is 52.0 cm³/mol. The van der Waals surface area contributed by atoms with E-state index in [1.807, 2.05) is 13.8 Å². The van der Waals surface area contributed by atoms with E-state index >= 15 is 0 Å². The van der Waals surface area contributed by atoms with Crippen LogP contribution in [0.1, 0.15) is 26.7 Å². The molecule has 0 aromatic rings. The summed E-state index contributed by atoms with van der Waals surface area (Å²) < 4.78 is 5.07. The molecule has 2 N–H and O–H groups in total. The molecule has 0 rings (SSSR count). The molecule has 13 heavy (non-hydrogen) atoms. The first-order chi connectivity index (χ1) is 6.02. The van der Waals surface area contributed by atoms with Crippen LogP contribution in [0.5, 0.6) is 0 Å². The second-order valence-electron chi connectivity index (χ2n) is 2.88. The second kappa shape index (κ2) is 5.78. The third-order valence-corrected chi connectivity index (χ3v) is 1.78. The summed E-state index contributed by atoms with van der Waals surface area (Å²) in [6, 6.07) is 0. The van der Waals surface area contributed by atoms with Crippen molar-refractivity contribution in [3.05, 3.63) is 24.7 Å². The highest BCUT2D eigenvalue weighted by Crippen LogP contribution is 2.13. The number of hydrogen-bond acceptors (Lipinski definition) is 3. The van der Waals surface area contributed by atoms with Crippen molar-refractivity contribution in [3.8, 4) is 0 Å². The standard InChI is InChI=1S/C10H18O3/c1-5-9(11)7(3)13-8(4)10(12)6-2/h9-12H,3-6H2,1-2H3. The van der Waals surface area contributed by atoms with Crippen molar-refractivity contribution in [2.24, 2.45) is 0 Å². The molecule has 0 heterocycles. The van der Waals surface area contributed by atoms with Gasteiger partial charge in [0.1, 0.15) is 23.7 Å². The number of aliphatic hydroxyl groups excluding tert-OH is 2. The van der Waals surface area contributed by atoms with Crippen LogP contribution in [0.2, 0.25) is 0 Å². The normalized spacial score (nSPS) is 14.8. The van der Waals surface area contributed by atoms with Crippen molar-refractivity contribution in [2.45, 2.75) is 38.9 Å². The summed E-state index contributed by atoms with van der Waals surface area (Å²) in [6.07, 6.45) is -0.315. The Labute approximate surface area is 79.3 Å². The van der Waals surface area contributed by atoms with E-state index in [0.717, 1.165) is 0 Å². The van der Waals surface area contributed by atoms with Crippen LogP contribution < -0.4 is 0 Å². The van der Waals surface area contributed by atoms with Crippen LogP contribution in [0.4, 0.5) is 0 Å². The van der Waals surface area contributed by atoms with Crippen molar-refractivity contribution in [2.75, 3.05) is 0 Å². The number of rotatable bonds is 6. The van der Waals surface area contributed by atoms with Crippen LogP contribution in [0.25, 0.3) is 0 Å². The average molecular weight is 186 g/mol. The van der Waals surface area contributed by atoms with Crippen molar-refractivity contribution in [1.82, 2.24) is 0 Å². The zero-order chi connectivity index (χ0) is 10.4. The molecule has 76 valence electrons. The van der Waals surface area contributed by atoms with Gasteiger partial charge in [0.25, 0.3) is 0 Å². The Kier molecular flexibility index (Phi) is 5.42. The summed E-state index contributed by atoms with van der Waals surface area (Å²) in [5.74, 6) is 0.472. The molecule has 3 heteroatoms. The van der Waals surface area contributed by atoms with Gasteiger partial charge in [0.2, 0.25) is 0 Å². The first-order valence-corrected chi connectivity index (χ1v) is 4.44. The monoisotopic (exact) mass is 186 g/mol. The van der Waals surface area contributed by atoms with Gasteiger partial charge in [0.05, 0.1) is 0 Å². The first-order valence-electron chi connectivity index (χ1n) is 4.44. The summed E-state index contributed by atoms with van der Waals surface area (Å²) in [5.41, 5.74) is 0. The van der Waals surface area contributed by atoms with E-state index in [0.29, 0.717) is 12.8 Å².